The smallest absolute Gasteiger partial charge is 0.159 e. The average molecular weight is 203 g/mol. The zero-order valence-corrected chi connectivity index (χ0v) is 10.4. The third-order valence-corrected chi connectivity index (χ3v) is 2.45. The van der Waals surface area contributed by atoms with Gasteiger partial charge in [-0.1, -0.05) is 13.8 Å². The fourth-order valence-electron chi connectivity index (χ4n) is 1.65. The molecule has 14 heavy (non-hydrogen) atoms. The Labute approximate surface area is 88.4 Å². The number of nitrogens with zero attached hydrogens (tertiary/aromatic N) is 1. The van der Waals surface area contributed by atoms with Crippen LogP contribution in [0.5, 0.6) is 0 Å². The van der Waals surface area contributed by atoms with Crippen molar-refractivity contribution in [2.45, 2.75) is 52.0 Å². The third kappa shape index (κ3) is 4.40. The largest absolute Gasteiger partial charge is 0.356 e. The molecule has 1 saturated heterocycles. The minimum atomic E-state index is -0.0128. The fourth-order valence-corrected chi connectivity index (χ4v) is 1.65. The van der Waals surface area contributed by atoms with Gasteiger partial charge in [-0.2, -0.15) is 0 Å². The number of hydrogen-bond donors (Lipinski definition) is 0. The molecule has 0 radical (unpaired) electrons. The van der Waals surface area contributed by atoms with Crippen molar-refractivity contribution in [1.29, 1.82) is 0 Å². The second-order valence-electron chi connectivity index (χ2n) is 3.70. The lowest BCUT2D eigenvalue weighted by Gasteiger charge is -2.36. The van der Waals surface area contributed by atoms with Crippen molar-refractivity contribution in [2.75, 3.05) is 21.2 Å². The van der Waals surface area contributed by atoms with Crippen molar-refractivity contribution in [1.82, 2.24) is 4.90 Å². The highest BCUT2D eigenvalue weighted by Crippen LogP contribution is 2.22. The number of methoxy groups -OCH3 is 1. The van der Waals surface area contributed by atoms with Crippen LogP contribution in [-0.4, -0.2) is 44.5 Å². The Hall–Kier alpha value is -0.120. The van der Waals surface area contributed by atoms with Crippen LogP contribution in [0, 0.1) is 0 Å². The molecule has 0 aromatic rings. The molecule has 1 heterocycles. The van der Waals surface area contributed by atoms with E-state index in [9.17, 15) is 0 Å². The van der Waals surface area contributed by atoms with Gasteiger partial charge >= 0.3 is 0 Å². The maximum absolute atomic E-state index is 5.57. The molecule has 0 bridgehead atoms. The molecule has 1 fully saturated rings. The summed E-state index contributed by atoms with van der Waals surface area (Å²) in [6.45, 7) is 6.10. The summed E-state index contributed by atoms with van der Waals surface area (Å²) in [4.78, 5) is 2.24. The van der Waals surface area contributed by atoms with E-state index in [2.05, 4.69) is 25.9 Å². The Kier molecular flexibility index (Phi) is 7.15. The third-order valence-electron chi connectivity index (χ3n) is 2.45. The van der Waals surface area contributed by atoms with Gasteiger partial charge in [0, 0.05) is 19.6 Å². The average Bonchev–Trinajstić information content (AvgIpc) is 2.20. The Balaban J connectivity index is 0.000000791. The predicted octanol–water partition coefficient (Wildman–Crippen LogP) is 2.11. The van der Waals surface area contributed by atoms with E-state index in [4.69, 9.17) is 9.47 Å². The van der Waals surface area contributed by atoms with Gasteiger partial charge in [-0.3, -0.25) is 0 Å². The molecule has 86 valence electrons. The second kappa shape index (κ2) is 7.21. The molecule has 3 atom stereocenters. The topological polar surface area (TPSA) is 21.7 Å². The molecule has 0 aromatic carbocycles. The van der Waals surface area contributed by atoms with Crippen LogP contribution in [0.3, 0.4) is 0 Å². The van der Waals surface area contributed by atoms with Crippen LogP contribution < -0.4 is 0 Å². The van der Waals surface area contributed by atoms with Gasteiger partial charge in [0.25, 0.3) is 0 Å². The molecule has 1 unspecified atom stereocenters. The molecule has 1 aliphatic rings. The standard InChI is InChI=1S/C9H19NO2.C2H6/c1-7-5-8(10(2)3)6-9(11-4)12-7;1-2/h7-9H,5-6H2,1-4H3;1-2H3/t7?,8-,9+;/m0./s1. The van der Waals surface area contributed by atoms with Gasteiger partial charge in [0.15, 0.2) is 6.29 Å². The molecule has 0 amide bonds. The van der Waals surface area contributed by atoms with Crippen molar-refractivity contribution in [2.24, 2.45) is 0 Å². The molecule has 3 heteroatoms. The monoisotopic (exact) mass is 203 g/mol. The van der Waals surface area contributed by atoms with Gasteiger partial charge < -0.3 is 14.4 Å². The summed E-state index contributed by atoms with van der Waals surface area (Å²) in [6, 6.07) is 0.596. The van der Waals surface area contributed by atoms with E-state index in [0.29, 0.717) is 12.1 Å². The minimum Gasteiger partial charge on any atom is -0.356 e. The van der Waals surface area contributed by atoms with Crippen LogP contribution in [0.4, 0.5) is 0 Å². The molecule has 0 saturated carbocycles. The van der Waals surface area contributed by atoms with E-state index in [1.807, 2.05) is 13.8 Å². The van der Waals surface area contributed by atoms with Gasteiger partial charge in [0.05, 0.1) is 6.10 Å². The molecule has 3 nitrogen and oxygen atoms in total. The summed E-state index contributed by atoms with van der Waals surface area (Å²) < 4.78 is 10.8. The first-order valence-electron chi connectivity index (χ1n) is 5.48. The van der Waals surface area contributed by atoms with Crippen LogP contribution in [0.2, 0.25) is 0 Å². The van der Waals surface area contributed by atoms with Gasteiger partial charge in [0.1, 0.15) is 0 Å². The van der Waals surface area contributed by atoms with Crippen LogP contribution in [-0.2, 0) is 9.47 Å². The van der Waals surface area contributed by atoms with E-state index in [1.165, 1.54) is 0 Å². The molecule has 0 aliphatic carbocycles. The summed E-state index contributed by atoms with van der Waals surface area (Å²) in [7, 11) is 5.92. The lowest BCUT2D eigenvalue weighted by atomic mass is 10.0. The number of rotatable bonds is 2. The highest BCUT2D eigenvalue weighted by Gasteiger charge is 2.27. The Morgan fingerprint density at radius 1 is 1.21 bits per heavy atom. The van der Waals surface area contributed by atoms with Crippen molar-refractivity contribution >= 4 is 0 Å². The van der Waals surface area contributed by atoms with Gasteiger partial charge in [-0.05, 0) is 27.4 Å². The first-order chi connectivity index (χ1) is 6.63. The van der Waals surface area contributed by atoms with Crippen LogP contribution in [0.1, 0.15) is 33.6 Å². The highest BCUT2D eigenvalue weighted by molar-refractivity contribution is 4.76. The Morgan fingerprint density at radius 2 is 1.79 bits per heavy atom. The number of ether oxygens (including phenoxy) is 2. The lowest BCUT2D eigenvalue weighted by molar-refractivity contribution is -0.188. The molecule has 1 rings (SSSR count). The summed E-state index contributed by atoms with van der Waals surface area (Å²) in [5.74, 6) is 0. The Morgan fingerprint density at radius 3 is 2.21 bits per heavy atom. The van der Waals surface area contributed by atoms with E-state index in [-0.39, 0.29) is 6.29 Å². The minimum absolute atomic E-state index is 0.0128. The van der Waals surface area contributed by atoms with Crippen LogP contribution in [0.25, 0.3) is 0 Å². The molecule has 1 aliphatic heterocycles. The second-order valence-corrected chi connectivity index (χ2v) is 3.70. The quantitative estimate of drug-likeness (QED) is 0.686. The first-order valence-corrected chi connectivity index (χ1v) is 5.48. The summed E-state index contributed by atoms with van der Waals surface area (Å²) in [5.41, 5.74) is 0. The normalized spacial score (nSPS) is 32.4. The van der Waals surface area contributed by atoms with E-state index >= 15 is 0 Å². The van der Waals surface area contributed by atoms with Crippen molar-refractivity contribution in [3.05, 3.63) is 0 Å². The predicted molar refractivity (Wildman–Crippen MR) is 59.4 cm³/mol. The Bertz CT molecular complexity index is 139. The number of hydrogen-bond acceptors (Lipinski definition) is 3. The van der Waals surface area contributed by atoms with Gasteiger partial charge in [0.2, 0.25) is 0 Å². The lowest BCUT2D eigenvalue weighted by Crippen LogP contribution is -2.42. The molecule has 0 spiro atoms. The molecule has 0 aromatic heterocycles. The maximum Gasteiger partial charge on any atom is 0.159 e. The van der Waals surface area contributed by atoms with Crippen molar-refractivity contribution < 1.29 is 9.47 Å². The zero-order valence-electron chi connectivity index (χ0n) is 10.4. The molecular weight excluding hydrogens is 178 g/mol. The SMILES string of the molecule is CC.CO[C@H]1C[C@@H](N(C)C)CC(C)O1. The fraction of sp³-hybridized carbons (Fsp3) is 1.00. The van der Waals surface area contributed by atoms with Gasteiger partial charge in [-0.25, -0.2) is 0 Å². The van der Waals surface area contributed by atoms with E-state index in [1.54, 1.807) is 7.11 Å². The summed E-state index contributed by atoms with van der Waals surface area (Å²) >= 11 is 0. The van der Waals surface area contributed by atoms with E-state index < -0.39 is 0 Å². The van der Waals surface area contributed by atoms with Gasteiger partial charge in [-0.15, -0.1) is 0 Å². The highest BCUT2D eigenvalue weighted by atomic mass is 16.7. The first kappa shape index (κ1) is 13.9. The van der Waals surface area contributed by atoms with Crippen molar-refractivity contribution in [3.8, 4) is 0 Å². The summed E-state index contributed by atoms with van der Waals surface area (Å²) in [6.07, 6.45) is 2.39. The zero-order chi connectivity index (χ0) is 11.1. The maximum atomic E-state index is 5.57. The van der Waals surface area contributed by atoms with E-state index in [0.717, 1.165) is 12.8 Å². The van der Waals surface area contributed by atoms with Crippen LogP contribution >= 0.6 is 0 Å². The van der Waals surface area contributed by atoms with Crippen molar-refractivity contribution in [3.63, 3.8) is 0 Å². The molecular formula is C11H25NO2. The van der Waals surface area contributed by atoms with Crippen LogP contribution in [0.15, 0.2) is 0 Å². The summed E-state index contributed by atoms with van der Waals surface area (Å²) in [5, 5.41) is 0. The molecule has 0 N–H and O–H groups in total.